The minimum atomic E-state index is 0.290. The third kappa shape index (κ3) is 4.21. The van der Waals surface area contributed by atoms with Gasteiger partial charge in [0, 0.05) is 13.1 Å². The minimum Gasteiger partial charge on any atom is -0.370 e. The number of hydrogen-bond acceptors (Lipinski definition) is 4. The molecular weight excluding hydrogens is 260 g/mol. The molecule has 116 valence electrons. The van der Waals surface area contributed by atoms with Crippen LogP contribution in [-0.4, -0.2) is 49.5 Å². The molecule has 1 atom stereocenters. The van der Waals surface area contributed by atoms with Crippen LogP contribution in [0.25, 0.3) is 0 Å². The van der Waals surface area contributed by atoms with Gasteiger partial charge in [0.1, 0.15) is 0 Å². The quantitative estimate of drug-likeness (QED) is 0.872. The second kappa shape index (κ2) is 6.94. The Balaban J connectivity index is 2.06. The van der Waals surface area contributed by atoms with E-state index in [1.54, 1.807) is 0 Å². The number of hydrogen-bond donors (Lipinski definition) is 1. The van der Waals surface area contributed by atoms with Crippen molar-refractivity contribution in [3.05, 3.63) is 35.4 Å². The van der Waals surface area contributed by atoms with Crippen LogP contribution in [0.1, 0.15) is 31.0 Å². The summed E-state index contributed by atoms with van der Waals surface area (Å²) in [5, 5.41) is 0. The van der Waals surface area contributed by atoms with Crippen molar-refractivity contribution >= 4 is 5.96 Å². The first-order valence-electron chi connectivity index (χ1n) is 7.77. The van der Waals surface area contributed by atoms with Crippen LogP contribution in [0, 0.1) is 5.92 Å². The SMILES string of the molecule is CC(C)Cc1ccc(C2CN=C(N)N2CCN(C)C)cc1. The normalized spacial score (nSPS) is 18.7. The average Bonchev–Trinajstić information content (AvgIpc) is 2.78. The number of nitrogens with two attached hydrogens (primary N) is 1. The molecule has 4 nitrogen and oxygen atoms in total. The third-order valence-corrected chi connectivity index (χ3v) is 3.89. The van der Waals surface area contributed by atoms with Crippen LogP contribution in [0.15, 0.2) is 29.3 Å². The number of aliphatic imine (C=N–C) groups is 1. The molecule has 2 N–H and O–H groups in total. The van der Waals surface area contributed by atoms with E-state index in [9.17, 15) is 0 Å². The number of guanidine groups is 1. The first kappa shape index (κ1) is 15.8. The predicted octanol–water partition coefficient (Wildman–Crippen LogP) is 2.12. The number of benzene rings is 1. The molecule has 21 heavy (non-hydrogen) atoms. The van der Waals surface area contributed by atoms with Gasteiger partial charge in [-0.05, 0) is 37.6 Å². The standard InChI is InChI=1S/C17H28N4/c1-13(2)11-14-5-7-15(8-6-14)16-12-19-17(18)21(16)10-9-20(3)4/h5-8,13,16H,9-12H2,1-4H3,(H2,18,19). The monoisotopic (exact) mass is 288 g/mol. The average molecular weight is 288 g/mol. The molecule has 4 heteroatoms. The van der Waals surface area contributed by atoms with Crippen LogP contribution in [-0.2, 0) is 6.42 Å². The molecule has 1 aliphatic heterocycles. The van der Waals surface area contributed by atoms with Crippen LogP contribution in [0.2, 0.25) is 0 Å². The van der Waals surface area contributed by atoms with Crippen molar-refractivity contribution in [2.45, 2.75) is 26.3 Å². The maximum absolute atomic E-state index is 6.05. The van der Waals surface area contributed by atoms with Crippen molar-refractivity contribution in [2.75, 3.05) is 33.7 Å². The highest BCUT2D eigenvalue weighted by molar-refractivity contribution is 5.80. The lowest BCUT2D eigenvalue weighted by Crippen LogP contribution is -2.40. The highest BCUT2D eigenvalue weighted by Gasteiger charge is 2.27. The summed E-state index contributed by atoms with van der Waals surface area (Å²) in [6.07, 6.45) is 1.13. The first-order valence-corrected chi connectivity index (χ1v) is 7.77. The second-order valence-electron chi connectivity index (χ2n) is 6.55. The summed E-state index contributed by atoms with van der Waals surface area (Å²) in [6, 6.07) is 9.25. The van der Waals surface area contributed by atoms with Gasteiger partial charge in [-0.3, -0.25) is 4.99 Å². The van der Waals surface area contributed by atoms with Gasteiger partial charge in [-0.1, -0.05) is 38.1 Å². The number of nitrogens with zero attached hydrogens (tertiary/aromatic N) is 3. The van der Waals surface area contributed by atoms with Crippen molar-refractivity contribution < 1.29 is 0 Å². The van der Waals surface area contributed by atoms with Gasteiger partial charge < -0.3 is 15.5 Å². The van der Waals surface area contributed by atoms with Crippen molar-refractivity contribution in [1.82, 2.24) is 9.80 Å². The molecule has 0 amide bonds. The Morgan fingerprint density at radius 3 is 2.52 bits per heavy atom. The summed E-state index contributed by atoms with van der Waals surface area (Å²) >= 11 is 0. The van der Waals surface area contributed by atoms with E-state index in [1.165, 1.54) is 11.1 Å². The molecule has 1 heterocycles. The Hall–Kier alpha value is -1.55. The van der Waals surface area contributed by atoms with Gasteiger partial charge in [0.25, 0.3) is 0 Å². The van der Waals surface area contributed by atoms with E-state index >= 15 is 0 Å². The van der Waals surface area contributed by atoms with Crippen LogP contribution in [0.3, 0.4) is 0 Å². The Kier molecular flexibility index (Phi) is 5.23. The predicted molar refractivity (Wildman–Crippen MR) is 89.5 cm³/mol. The Labute approximate surface area is 128 Å². The fourth-order valence-corrected chi connectivity index (χ4v) is 2.74. The maximum Gasteiger partial charge on any atom is 0.191 e. The summed E-state index contributed by atoms with van der Waals surface area (Å²) in [5.74, 6) is 1.37. The molecule has 0 saturated carbocycles. The molecule has 1 aromatic carbocycles. The molecule has 1 aromatic rings. The molecule has 0 fully saturated rings. The van der Waals surface area contributed by atoms with Crippen molar-refractivity contribution in [3.63, 3.8) is 0 Å². The van der Waals surface area contributed by atoms with E-state index < -0.39 is 0 Å². The van der Waals surface area contributed by atoms with Crippen LogP contribution in [0.4, 0.5) is 0 Å². The molecule has 0 bridgehead atoms. The highest BCUT2D eigenvalue weighted by Crippen LogP contribution is 2.25. The third-order valence-electron chi connectivity index (χ3n) is 3.89. The minimum absolute atomic E-state index is 0.290. The van der Waals surface area contributed by atoms with Crippen LogP contribution < -0.4 is 5.73 Å². The van der Waals surface area contributed by atoms with Gasteiger partial charge in [0.15, 0.2) is 5.96 Å². The van der Waals surface area contributed by atoms with Gasteiger partial charge in [0.2, 0.25) is 0 Å². The molecule has 1 unspecified atom stereocenters. The summed E-state index contributed by atoms with van der Waals surface area (Å²) in [6.45, 7) is 7.17. The molecule has 1 aliphatic rings. The Bertz CT molecular complexity index is 476. The van der Waals surface area contributed by atoms with Crippen molar-refractivity contribution in [3.8, 4) is 0 Å². The lowest BCUT2D eigenvalue weighted by Gasteiger charge is -2.28. The van der Waals surface area contributed by atoms with Gasteiger partial charge in [-0.2, -0.15) is 0 Å². The molecular formula is C17H28N4. The molecule has 0 aliphatic carbocycles. The van der Waals surface area contributed by atoms with E-state index in [0.717, 1.165) is 26.1 Å². The molecule has 0 saturated heterocycles. The summed E-state index contributed by atoms with van der Waals surface area (Å²) < 4.78 is 0. The zero-order valence-electron chi connectivity index (χ0n) is 13.7. The first-order chi connectivity index (χ1) is 9.97. The maximum atomic E-state index is 6.05. The Morgan fingerprint density at radius 1 is 1.29 bits per heavy atom. The molecule has 0 spiro atoms. The summed E-state index contributed by atoms with van der Waals surface area (Å²) in [4.78, 5) is 8.82. The summed E-state index contributed by atoms with van der Waals surface area (Å²) in [5.41, 5.74) is 8.76. The number of likely N-dealkylation sites (N-methyl/N-ethyl adjacent to an activating group) is 1. The fraction of sp³-hybridized carbons (Fsp3) is 0.588. The molecule has 0 radical (unpaired) electrons. The van der Waals surface area contributed by atoms with E-state index in [-0.39, 0.29) is 6.04 Å². The van der Waals surface area contributed by atoms with Gasteiger partial charge in [-0.25, -0.2) is 0 Å². The van der Waals surface area contributed by atoms with Crippen LogP contribution in [0.5, 0.6) is 0 Å². The zero-order chi connectivity index (χ0) is 15.4. The lowest BCUT2D eigenvalue weighted by molar-refractivity contribution is 0.293. The van der Waals surface area contributed by atoms with Gasteiger partial charge in [0.05, 0.1) is 12.6 Å². The highest BCUT2D eigenvalue weighted by atomic mass is 15.3. The molecule has 2 rings (SSSR count). The van der Waals surface area contributed by atoms with E-state index in [4.69, 9.17) is 5.73 Å². The zero-order valence-corrected chi connectivity index (χ0v) is 13.7. The lowest BCUT2D eigenvalue weighted by atomic mass is 9.99. The van der Waals surface area contributed by atoms with E-state index in [0.29, 0.717) is 11.9 Å². The topological polar surface area (TPSA) is 44.9 Å². The van der Waals surface area contributed by atoms with Gasteiger partial charge in [-0.15, -0.1) is 0 Å². The van der Waals surface area contributed by atoms with E-state index in [1.807, 2.05) is 0 Å². The molecule has 0 aromatic heterocycles. The van der Waals surface area contributed by atoms with Crippen molar-refractivity contribution in [2.24, 2.45) is 16.6 Å². The summed E-state index contributed by atoms with van der Waals surface area (Å²) in [7, 11) is 4.16. The van der Waals surface area contributed by atoms with E-state index in [2.05, 4.69) is 67.0 Å². The fourth-order valence-electron chi connectivity index (χ4n) is 2.74. The second-order valence-corrected chi connectivity index (χ2v) is 6.55. The Morgan fingerprint density at radius 2 is 1.95 bits per heavy atom. The van der Waals surface area contributed by atoms with Crippen LogP contribution >= 0.6 is 0 Å². The van der Waals surface area contributed by atoms with Crippen molar-refractivity contribution in [1.29, 1.82) is 0 Å². The number of rotatable bonds is 6. The largest absolute Gasteiger partial charge is 0.370 e. The smallest absolute Gasteiger partial charge is 0.191 e. The van der Waals surface area contributed by atoms with Gasteiger partial charge >= 0.3 is 0 Å².